The molecule has 2 N–H and O–H groups in total. The first-order chi connectivity index (χ1) is 8.70. The predicted molar refractivity (Wildman–Crippen MR) is 76.6 cm³/mol. The lowest BCUT2D eigenvalue weighted by molar-refractivity contribution is 0.130. The molecule has 1 aromatic heterocycles. The van der Waals surface area contributed by atoms with E-state index in [2.05, 4.69) is 16.8 Å². The van der Waals surface area contributed by atoms with E-state index >= 15 is 0 Å². The van der Waals surface area contributed by atoms with Gasteiger partial charge in [0.15, 0.2) is 0 Å². The summed E-state index contributed by atoms with van der Waals surface area (Å²) in [6.07, 6.45) is 6.42. The van der Waals surface area contributed by atoms with Crippen LogP contribution in [0.2, 0.25) is 5.02 Å². The van der Waals surface area contributed by atoms with Gasteiger partial charge < -0.3 is 5.73 Å². The number of pyridine rings is 1. The molecule has 100 valence electrons. The zero-order valence-electron chi connectivity index (χ0n) is 11.0. The number of likely N-dealkylation sites (tertiary alicyclic amines) is 1. The molecule has 0 aliphatic carbocycles. The molecule has 2 rings (SSSR count). The highest BCUT2D eigenvalue weighted by Crippen LogP contribution is 2.25. The van der Waals surface area contributed by atoms with Crippen molar-refractivity contribution in [1.29, 1.82) is 0 Å². The summed E-state index contributed by atoms with van der Waals surface area (Å²) < 4.78 is 0. The summed E-state index contributed by atoms with van der Waals surface area (Å²) in [7, 11) is 0. The lowest BCUT2D eigenvalue weighted by Gasteiger charge is -2.35. The molecule has 0 spiro atoms. The quantitative estimate of drug-likeness (QED) is 0.908. The molecule has 1 fully saturated rings. The third kappa shape index (κ3) is 3.36. The van der Waals surface area contributed by atoms with Crippen molar-refractivity contribution < 1.29 is 0 Å². The molecule has 1 unspecified atom stereocenters. The molecule has 1 aromatic rings. The third-order valence-corrected chi connectivity index (χ3v) is 4.01. The van der Waals surface area contributed by atoms with Crippen LogP contribution >= 0.6 is 11.6 Å². The Bertz CT molecular complexity index is 393. The van der Waals surface area contributed by atoms with Crippen LogP contribution in [-0.2, 0) is 6.54 Å². The van der Waals surface area contributed by atoms with E-state index in [0.29, 0.717) is 11.9 Å². The Labute approximate surface area is 114 Å². The number of hydrogen-bond acceptors (Lipinski definition) is 3. The van der Waals surface area contributed by atoms with Crippen molar-refractivity contribution in [2.75, 3.05) is 12.3 Å². The second kappa shape index (κ2) is 6.39. The molecule has 0 amide bonds. The van der Waals surface area contributed by atoms with Crippen LogP contribution in [0.4, 0.5) is 5.82 Å². The van der Waals surface area contributed by atoms with E-state index in [-0.39, 0.29) is 0 Å². The van der Waals surface area contributed by atoms with Gasteiger partial charge in [0.05, 0.1) is 10.7 Å². The summed E-state index contributed by atoms with van der Waals surface area (Å²) >= 11 is 6.20. The van der Waals surface area contributed by atoms with Crippen molar-refractivity contribution in [3.8, 4) is 0 Å². The number of aromatic nitrogens is 1. The van der Waals surface area contributed by atoms with Crippen molar-refractivity contribution in [1.82, 2.24) is 9.88 Å². The number of anilines is 1. The van der Waals surface area contributed by atoms with Crippen LogP contribution in [0.25, 0.3) is 0 Å². The highest BCUT2D eigenvalue weighted by atomic mass is 35.5. The van der Waals surface area contributed by atoms with Gasteiger partial charge in [0.2, 0.25) is 0 Å². The lowest BCUT2D eigenvalue weighted by atomic mass is 9.98. The molecule has 0 radical (unpaired) electrons. The Morgan fingerprint density at radius 2 is 2.28 bits per heavy atom. The van der Waals surface area contributed by atoms with Crippen LogP contribution in [-0.4, -0.2) is 22.5 Å². The molecule has 0 aromatic carbocycles. The molecular formula is C14H22ClN3. The number of nitrogen functional groups attached to an aromatic ring is 1. The molecule has 1 aliphatic heterocycles. The predicted octanol–water partition coefficient (Wildman–Crippen LogP) is 3.47. The fourth-order valence-electron chi connectivity index (χ4n) is 2.73. The number of nitrogens with zero attached hydrogens (tertiary/aromatic N) is 2. The smallest absolute Gasteiger partial charge is 0.123 e. The minimum absolute atomic E-state index is 0.554. The maximum atomic E-state index is 6.20. The summed E-state index contributed by atoms with van der Waals surface area (Å²) in [6.45, 7) is 4.23. The molecule has 4 heteroatoms. The van der Waals surface area contributed by atoms with E-state index in [0.717, 1.165) is 23.8 Å². The zero-order valence-corrected chi connectivity index (χ0v) is 11.8. The first-order valence-electron chi connectivity index (χ1n) is 6.85. The van der Waals surface area contributed by atoms with Gasteiger partial charge in [0, 0.05) is 12.6 Å². The van der Waals surface area contributed by atoms with Crippen molar-refractivity contribution >= 4 is 17.4 Å². The average Bonchev–Trinajstić information content (AvgIpc) is 2.36. The van der Waals surface area contributed by atoms with Crippen LogP contribution in [0.5, 0.6) is 0 Å². The van der Waals surface area contributed by atoms with Gasteiger partial charge in [-0.25, -0.2) is 4.98 Å². The molecule has 3 nitrogen and oxygen atoms in total. The maximum Gasteiger partial charge on any atom is 0.123 e. The van der Waals surface area contributed by atoms with Crippen LogP contribution in [0.3, 0.4) is 0 Å². The fraction of sp³-hybridized carbons (Fsp3) is 0.643. The Hall–Kier alpha value is -0.800. The minimum Gasteiger partial charge on any atom is -0.384 e. The lowest BCUT2D eigenvalue weighted by Crippen LogP contribution is -2.39. The fourth-order valence-corrected chi connectivity index (χ4v) is 2.90. The monoisotopic (exact) mass is 267 g/mol. The molecule has 18 heavy (non-hydrogen) atoms. The van der Waals surface area contributed by atoms with E-state index < -0.39 is 0 Å². The topological polar surface area (TPSA) is 42.2 Å². The molecule has 1 atom stereocenters. The Balaban J connectivity index is 2.08. The second-order valence-electron chi connectivity index (χ2n) is 5.07. The highest BCUT2D eigenvalue weighted by molar-refractivity contribution is 6.31. The second-order valence-corrected chi connectivity index (χ2v) is 5.48. The van der Waals surface area contributed by atoms with Crippen molar-refractivity contribution in [2.24, 2.45) is 0 Å². The SMILES string of the molecule is CCCC1CCCCN1Cc1nc(N)ccc1Cl. The van der Waals surface area contributed by atoms with Crippen molar-refractivity contribution in [3.63, 3.8) is 0 Å². The Morgan fingerprint density at radius 3 is 3.06 bits per heavy atom. The number of rotatable bonds is 4. The van der Waals surface area contributed by atoms with Gasteiger partial charge in [-0.1, -0.05) is 31.4 Å². The summed E-state index contributed by atoms with van der Waals surface area (Å²) in [5.74, 6) is 0.554. The number of hydrogen-bond donors (Lipinski definition) is 1. The first-order valence-corrected chi connectivity index (χ1v) is 7.23. The molecule has 2 heterocycles. The number of piperidine rings is 1. The first kappa shape index (κ1) is 13.6. The minimum atomic E-state index is 0.554. The maximum absolute atomic E-state index is 6.20. The number of halogens is 1. The average molecular weight is 268 g/mol. The summed E-state index contributed by atoms with van der Waals surface area (Å²) in [5.41, 5.74) is 6.65. The summed E-state index contributed by atoms with van der Waals surface area (Å²) in [5, 5.41) is 0.727. The van der Waals surface area contributed by atoms with E-state index in [1.807, 2.05) is 6.07 Å². The summed E-state index contributed by atoms with van der Waals surface area (Å²) in [4.78, 5) is 6.88. The van der Waals surface area contributed by atoms with Gasteiger partial charge in [-0.3, -0.25) is 4.90 Å². The molecule has 0 saturated carbocycles. The number of nitrogens with two attached hydrogens (primary N) is 1. The van der Waals surface area contributed by atoms with Crippen molar-refractivity contribution in [3.05, 3.63) is 22.8 Å². The van der Waals surface area contributed by atoms with Crippen LogP contribution in [0.1, 0.15) is 44.7 Å². The largest absolute Gasteiger partial charge is 0.384 e. The highest BCUT2D eigenvalue weighted by Gasteiger charge is 2.22. The molecule has 1 saturated heterocycles. The summed E-state index contributed by atoms with van der Waals surface area (Å²) in [6, 6.07) is 4.28. The van der Waals surface area contributed by atoms with Gasteiger partial charge in [-0.15, -0.1) is 0 Å². The van der Waals surface area contributed by atoms with Gasteiger partial charge in [-0.2, -0.15) is 0 Å². The van der Waals surface area contributed by atoms with E-state index in [9.17, 15) is 0 Å². The van der Waals surface area contributed by atoms with E-state index in [1.54, 1.807) is 6.07 Å². The molecule has 0 bridgehead atoms. The van der Waals surface area contributed by atoms with Gasteiger partial charge in [-0.05, 0) is 37.9 Å². The zero-order chi connectivity index (χ0) is 13.0. The van der Waals surface area contributed by atoms with Gasteiger partial charge in [0.1, 0.15) is 5.82 Å². The van der Waals surface area contributed by atoms with Crippen molar-refractivity contribution in [2.45, 2.75) is 51.6 Å². The molecule has 1 aliphatic rings. The Morgan fingerprint density at radius 1 is 1.44 bits per heavy atom. The van der Waals surface area contributed by atoms with E-state index in [4.69, 9.17) is 17.3 Å². The van der Waals surface area contributed by atoms with Gasteiger partial charge >= 0.3 is 0 Å². The van der Waals surface area contributed by atoms with Crippen LogP contribution < -0.4 is 5.73 Å². The van der Waals surface area contributed by atoms with Crippen LogP contribution in [0, 0.1) is 0 Å². The standard InChI is InChI=1S/C14H22ClN3/c1-2-5-11-6-3-4-9-18(11)10-13-12(15)7-8-14(16)17-13/h7-8,11H,2-6,9-10H2,1H3,(H2,16,17). The third-order valence-electron chi connectivity index (χ3n) is 3.66. The van der Waals surface area contributed by atoms with Gasteiger partial charge in [0.25, 0.3) is 0 Å². The van der Waals surface area contributed by atoms with E-state index in [1.165, 1.54) is 32.1 Å². The molecular weight excluding hydrogens is 246 g/mol. The normalized spacial score (nSPS) is 21.1. The van der Waals surface area contributed by atoms with Crippen LogP contribution in [0.15, 0.2) is 12.1 Å². The Kier molecular flexibility index (Phi) is 4.84.